The molecule has 5 rings (SSSR count). The fraction of sp³-hybridized carbons (Fsp3) is 0.167. The number of aromatic nitrogens is 2. The van der Waals surface area contributed by atoms with Crippen LogP contribution in [0, 0.1) is 0 Å². The molecule has 1 aromatic heterocycles. The number of sulfonamides is 1. The molecular formula is C24H20ClN3O6S2. The lowest BCUT2D eigenvalue weighted by molar-refractivity contribution is 0.579. The highest BCUT2D eigenvalue weighted by Crippen LogP contribution is 2.35. The molecule has 0 amide bonds. The number of rotatable bonds is 3. The molecule has 1 atom stereocenters. The van der Waals surface area contributed by atoms with Crippen LogP contribution in [0.1, 0.15) is 12.5 Å². The summed E-state index contributed by atoms with van der Waals surface area (Å²) in [6.07, 6.45) is 0. The first-order chi connectivity index (χ1) is 17.0. The highest BCUT2D eigenvalue weighted by Gasteiger charge is 2.37. The van der Waals surface area contributed by atoms with Crippen LogP contribution in [0.5, 0.6) is 0 Å². The van der Waals surface area contributed by atoms with E-state index in [0.29, 0.717) is 11.1 Å². The molecule has 0 fully saturated rings. The van der Waals surface area contributed by atoms with Crippen molar-refractivity contribution in [3.63, 3.8) is 0 Å². The summed E-state index contributed by atoms with van der Waals surface area (Å²) >= 11 is 6.33. The third-order valence-electron chi connectivity index (χ3n) is 6.02. The van der Waals surface area contributed by atoms with Crippen molar-refractivity contribution in [3.05, 3.63) is 98.2 Å². The number of fused-ring (bicyclic) bond motifs is 2. The third kappa shape index (κ3) is 4.02. The van der Waals surface area contributed by atoms with Crippen LogP contribution >= 0.6 is 11.6 Å². The Hall–Kier alpha value is -3.41. The summed E-state index contributed by atoms with van der Waals surface area (Å²) < 4.78 is 54.9. The number of aromatic amines is 1. The smallest absolute Gasteiger partial charge is 0.306 e. The van der Waals surface area contributed by atoms with E-state index in [9.17, 15) is 26.4 Å². The molecule has 36 heavy (non-hydrogen) atoms. The number of para-hydroxylation sites is 2. The van der Waals surface area contributed by atoms with Gasteiger partial charge in [0.15, 0.2) is 9.84 Å². The van der Waals surface area contributed by atoms with Crippen LogP contribution in [0.4, 0.5) is 5.69 Å². The molecule has 1 N–H and O–H groups in total. The molecule has 0 bridgehead atoms. The van der Waals surface area contributed by atoms with Crippen molar-refractivity contribution >= 4 is 48.1 Å². The molecule has 4 aromatic rings. The van der Waals surface area contributed by atoms with Gasteiger partial charge in [-0.1, -0.05) is 41.9 Å². The van der Waals surface area contributed by atoms with E-state index in [-0.39, 0.29) is 38.2 Å². The van der Waals surface area contributed by atoms with Gasteiger partial charge in [0.05, 0.1) is 49.7 Å². The first-order valence-corrected chi connectivity index (χ1v) is 14.5. The Morgan fingerprint density at radius 2 is 1.67 bits per heavy atom. The maximum absolute atomic E-state index is 13.9. The second-order valence-electron chi connectivity index (χ2n) is 8.56. The average molecular weight is 546 g/mol. The molecule has 3 aromatic carbocycles. The summed E-state index contributed by atoms with van der Waals surface area (Å²) in [5.74, 6) is -0.654. The SMILES string of the molecule is CC1CS(=O)(=O)Cc2ccccc2N1S(=O)(=O)c1ccc(Cl)c(-n2c(=O)[nH]c3ccccc3c2=O)c1. The van der Waals surface area contributed by atoms with Crippen molar-refractivity contribution in [1.82, 2.24) is 9.55 Å². The maximum atomic E-state index is 13.9. The molecule has 0 spiro atoms. The second-order valence-corrected chi connectivity index (χ2v) is 12.9. The Morgan fingerprint density at radius 1 is 0.972 bits per heavy atom. The van der Waals surface area contributed by atoms with E-state index in [0.717, 1.165) is 14.9 Å². The van der Waals surface area contributed by atoms with Crippen LogP contribution in [0.15, 0.2) is 81.2 Å². The van der Waals surface area contributed by atoms with Crippen LogP contribution in [0.25, 0.3) is 16.6 Å². The fourth-order valence-corrected chi connectivity index (χ4v) is 8.23. The Morgan fingerprint density at radius 3 is 2.44 bits per heavy atom. The topological polar surface area (TPSA) is 126 Å². The molecule has 12 heteroatoms. The van der Waals surface area contributed by atoms with Crippen LogP contribution in [0.3, 0.4) is 0 Å². The Kier molecular flexibility index (Phi) is 5.81. The van der Waals surface area contributed by atoms with E-state index in [1.807, 2.05) is 0 Å². The second kappa shape index (κ2) is 8.61. The van der Waals surface area contributed by atoms with Crippen molar-refractivity contribution in [3.8, 4) is 5.69 Å². The first-order valence-electron chi connectivity index (χ1n) is 10.9. The monoisotopic (exact) mass is 545 g/mol. The van der Waals surface area contributed by atoms with E-state index >= 15 is 0 Å². The lowest BCUT2D eigenvalue weighted by Gasteiger charge is -2.29. The number of anilines is 1. The zero-order valence-electron chi connectivity index (χ0n) is 18.9. The number of benzene rings is 3. The molecule has 9 nitrogen and oxygen atoms in total. The van der Waals surface area contributed by atoms with Gasteiger partial charge in [-0.15, -0.1) is 0 Å². The number of nitrogens with zero attached hydrogens (tertiary/aromatic N) is 2. The molecular weight excluding hydrogens is 526 g/mol. The summed E-state index contributed by atoms with van der Waals surface area (Å²) in [6, 6.07) is 15.6. The molecule has 186 valence electrons. The number of hydrogen-bond donors (Lipinski definition) is 1. The molecule has 2 heterocycles. The number of sulfone groups is 1. The Bertz CT molecular complexity index is 1860. The van der Waals surface area contributed by atoms with Crippen LogP contribution in [0.2, 0.25) is 5.02 Å². The van der Waals surface area contributed by atoms with Crippen molar-refractivity contribution in [2.24, 2.45) is 0 Å². The van der Waals surface area contributed by atoms with Gasteiger partial charge < -0.3 is 4.98 Å². The fourth-order valence-electron chi connectivity index (χ4n) is 4.50. The van der Waals surface area contributed by atoms with Crippen molar-refractivity contribution in [2.75, 3.05) is 10.1 Å². The zero-order chi connectivity index (χ0) is 25.8. The minimum atomic E-state index is -4.33. The summed E-state index contributed by atoms with van der Waals surface area (Å²) in [5.41, 5.74) is -0.608. The predicted molar refractivity (Wildman–Crippen MR) is 138 cm³/mol. The van der Waals surface area contributed by atoms with Crippen molar-refractivity contribution < 1.29 is 16.8 Å². The molecule has 1 unspecified atom stereocenters. The van der Waals surface area contributed by atoms with E-state index in [1.54, 1.807) is 42.5 Å². The Labute approximate surface area is 211 Å². The Balaban J connectivity index is 1.72. The summed E-state index contributed by atoms with van der Waals surface area (Å²) in [6.45, 7) is 1.52. The minimum Gasteiger partial charge on any atom is -0.306 e. The average Bonchev–Trinajstić information content (AvgIpc) is 2.91. The predicted octanol–water partition coefficient (Wildman–Crippen LogP) is 2.84. The first kappa shape index (κ1) is 24.3. The van der Waals surface area contributed by atoms with Crippen LogP contribution < -0.4 is 15.6 Å². The number of halogens is 1. The van der Waals surface area contributed by atoms with E-state index in [2.05, 4.69) is 4.98 Å². The molecule has 0 aliphatic carbocycles. The van der Waals surface area contributed by atoms with Gasteiger partial charge in [-0.2, -0.15) is 0 Å². The van der Waals surface area contributed by atoms with Gasteiger partial charge in [0.1, 0.15) is 0 Å². The summed E-state index contributed by atoms with van der Waals surface area (Å²) in [7, 11) is -7.90. The lowest BCUT2D eigenvalue weighted by Crippen LogP contribution is -2.41. The third-order valence-corrected chi connectivity index (χ3v) is 10.0. The van der Waals surface area contributed by atoms with Gasteiger partial charge in [-0.05, 0) is 48.9 Å². The van der Waals surface area contributed by atoms with Gasteiger partial charge in [-0.3, -0.25) is 9.10 Å². The highest BCUT2D eigenvalue weighted by molar-refractivity contribution is 7.93. The minimum absolute atomic E-state index is 0.0104. The van der Waals surface area contributed by atoms with Gasteiger partial charge in [-0.25, -0.2) is 26.2 Å². The van der Waals surface area contributed by atoms with Crippen molar-refractivity contribution in [2.45, 2.75) is 23.6 Å². The van der Waals surface area contributed by atoms with Crippen LogP contribution in [-0.4, -0.2) is 38.2 Å². The maximum Gasteiger partial charge on any atom is 0.333 e. The number of nitrogens with one attached hydrogen (secondary N) is 1. The molecule has 0 saturated heterocycles. The van der Waals surface area contributed by atoms with E-state index < -0.39 is 37.2 Å². The molecule has 0 radical (unpaired) electrons. The summed E-state index contributed by atoms with van der Waals surface area (Å²) in [5, 5.41) is 0.213. The van der Waals surface area contributed by atoms with E-state index in [1.165, 1.54) is 25.1 Å². The normalized spacial score (nSPS) is 17.5. The largest absolute Gasteiger partial charge is 0.333 e. The van der Waals surface area contributed by atoms with Crippen molar-refractivity contribution in [1.29, 1.82) is 0 Å². The zero-order valence-corrected chi connectivity index (χ0v) is 21.3. The number of hydrogen-bond acceptors (Lipinski definition) is 6. The van der Waals surface area contributed by atoms with E-state index in [4.69, 9.17) is 11.6 Å². The standard InChI is InChI=1S/C24H20ClN3O6S2/c1-15-13-35(31,32)14-16-6-2-5-9-21(16)28(15)36(33,34)17-10-11-19(25)22(12-17)27-23(29)18-7-3-4-8-20(18)26-24(27)30/h2-12,15H,13-14H2,1H3,(H,26,30). The van der Waals surface area contributed by atoms with Gasteiger partial charge in [0.25, 0.3) is 15.6 Å². The molecule has 1 aliphatic rings. The van der Waals surface area contributed by atoms with Gasteiger partial charge in [0.2, 0.25) is 0 Å². The molecule has 0 saturated carbocycles. The van der Waals surface area contributed by atoms with Crippen LogP contribution in [-0.2, 0) is 25.6 Å². The van der Waals surface area contributed by atoms with Gasteiger partial charge >= 0.3 is 5.69 Å². The lowest BCUT2D eigenvalue weighted by atomic mass is 10.2. The van der Waals surface area contributed by atoms with Gasteiger partial charge in [0, 0.05) is 0 Å². The molecule has 1 aliphatic heterocycles. The summed E-state index contributed by atoms with van der Waals surface area (Å²) in [4.78, 5) is 28.3. The number of H-pyrrole nitrogens is 1. The quantitative estimate of drug-likeness (QED) is 0.422. The highest BCUT2D eigenvalue weighted by atomic mass is 35.5.